The average Bonchev–Trinajstić information content (AvgIpc) is 1.96. The third kappa shape index (κ3) is 4.23. The molecule has 13 heavy (non-hydrogen) atoms. The van der Waals surface area contributed by atoms with Gasteiger partial charge in [-0.2, -0.15) is 8.42 Å². The Bertz CT molecular complexity index is 272. The minimum atomic E-state index is -4.05. The molecule has 0 bridgehead atoms. The maximum absolute atomic E-state index is 10.7. The molecule has 2 atom stereocenters. The van der Waals surface area contributed by atoms with Crippen LogP contribution in [0.4, 0.5) is 0 Å². The molecule has 3 N–H and O–H groups in total. The summed E-state index contributed by atoms with van der Waals surface area (Å²) < 4.78 is 30.2. The number of hydrogen-bond acceptors (Lipinski definition) is 3. The van der Waals surface area contributed by atoms with E-state index in [9.17, 15) is 13.2 Å². The fraction of sp³-hybridized carbons (Fsp3) is 0.857. The van der Waals surface area contributed by atoms with Crippen LogP contribution in [0, 0.1) is 5.92 Å². The number of rotatable bonds is 5. The molecule has 1 amide bonds. The Morgan fingerprint density at radius 3 is 2.23 bits per heavy atom. The Balaban J connectivity index is 4.40. The van der Waals surface area contributed by atoms with Crippen molar-refractivity contribution in [3.63, 3.8) is 0 Å². The molecule has 0 saturated heterocycles. The standard InChI is InChI=1S/C7H15NO4S/c1-3-6(13(10,11)12)4-5(2)7(8)9/h5-6H,3-4H2,1-2H3,(H2,8,9)(H,10,11,12). The van der Waals surface area contributed by atoms with Crippen molar-refractivity contribution >= 4 is 16.0 Å². The molecular formula is C7H15NO4S. The normalized spacial score (nSPS) is 16.5. The van der Waals surface area contributed by atoms with Crippen LogP contribution < -0.4 is 5.73 Å². The number of carbonyl (C=O) groups is 1. The Kier molecular flexibility index (Phi) is 4.35. The van der Waals surface area contributed by atoms with Gasteiger partial charge >= 0.3 is 0 Å². The fourth-order valence-electron chi connectivity index (χ4n) is 1.01. The Hall–Kier alpha value is -0.620. The van der Waals surface area contributed by atoms with Crippen molar-refractivity contribution in [1.29, 1.82) is 0 Å². The second-order valence-electron chi connectivity index (χ2n) is 3.08. The molecule has 0 heterocycles. The van der Waals surface area contributed by atoms with Gasteiger partial charge in [0.2, 0.25) is 5.91 Å². The Morgan fingerprint density at radius 2 is 2.00 bits per heavy atom. The van der Waals surface area contributed by atoms with E-state index >= 15 is 0 Å². The van der Waals surface area contributed by atoms with E-state index < -0.39 is 27.2 Å². The van der Waals surface area contributed by atoms with E-state index in [-0.39, 0.29) is 12.8 Å². The highest BCUT2D eigenvalue weighted by Gasteiger charge is 2.25. The SMILES string of the molecule is CCC(CC(C)C(N)=O)S(=O)(=O)O. The van der Waals surface area contributed by atoms with Crippen molar-refractivity contribution < 1.29 is 17.8 Å². The fourth-order valence-corrected chi connectivity index (χ4v) is 1.96. The van der Waals surface area contributed by atoms with Crippen molar-refractivity contribution in [2.45, 2.75) is 31.9 Å². The van der Waals surface area contributed by atoms with Crippen LogP contribution in [-0.2, 0) is 14.9 Å². The lowest BCUT2D eigenvalue weighted by molar-refractivity contribution is -0.121. The maximum Gasteiger partial charge on any atom is 0.267 e. The molecule has 0 aliphatic heterocycles. The first-order valence-electron chi connectivity index (χ1n) is 4.04. The molecule has 0 aromatic heterocycles. The summed E-state index contributed by atoms with van der Waals surface area (Å²) in [7, 11) is -4.05. The lowest BCUT2D eigenvalue weighted by Gasteiger charge is -2.14. The van der Waals surface area contributed by atoms with Crippen molar-refractivity contribution in [2.24, 2.45) is 11.7 Å². The second-order valence-corrected chi connectivity index (χ2v) is 4.78. The van der Waals surface area contributed by atoms with Gasteiger partial charge in [0.15, 0.2) is 0 Å². The molecule has 6 heteroatoms. The third-order valence-corrected chi connectivity index (χ3v) is 3.35. The number of hydrogen-bond donors (Lipinski definition) is 2. The minimum Gasteiger partial charge on any atom is -0.369 e. The molecule has 0 aromatic rings. The van der Waals surface area contributed by atoms with Gasteiger partial charge in [0.05, 0.1) is 5.25 Å². The lowest BCUT2D eigenvalue weighted by atomic mass is 10.0. The quantitative estimate of drug-likeness (QED) is 0.630. The Morgan fingerprint density at radius 1 is 1.54 bits per heavy atom. The zero-order valence-electron chi connectivity index (χ0n) is 7.73. The van der Waals surface area contributed by atoms with E-state index in [0.717, 1.165) is 0 Å². The van der Waals surface area contributed by atoms with Gasteiger partial charge in [-0.15, -0.1) is 0 Å². The van der Waals surface area contributed by atoms with Crippen LogP contribution in [0.5, 0.6) is 0 Å². The molecule has 78 valence electrons. The molecule has 5 nitrogen and oxygen atoms in total. The predicted octanol–water partition coefficient (Wildman–Crippen LogP) is 0.164. The Labute approximate surface area is 78.1 Å². The highest BCUT2D eigenvalue weighted by atomic mass is 32.2. The predicted molar refractivity (Wildman–Crippen MR) is 48.6 cm³/mol. The topological polar surface area (TPSA) is 97.5 Å². The summed E-state index contributed by atoms with van der Waals surface area (Å²) in [5.74, 6) is -1.09. The van der Waals surface area contributed by atoms with E-state index in [4.69, 9.17) is 10.3 Å². The molecule has 0 fully saturated rings. The lowest BCUT2D eigenvalue weighted by Crippen LogP contribution is -2.28. The van der Waals surface area contributed by atoms with E-state index in [0.29, 0.717) is 0 Å². The molecule has 0 rings (SSSR count). The first-order valence-corrected chi connectivity index (χ1v) is 5.55. The molecule has 0 spiro atoms. The molecule has 2 unspecified atom stereocenters. The van der Waals surface area contributed by atoms with Gasteiger partial charge in [0, 0.05) is 5.92 Å². The molecule has 0 aliphatic carbocycles. The highest BCUT2D eigenvalue weighted by Crippen LogP contribution is 2.14. The smallest absolute Gasteiger partial charge is 0.267 e. The first kappa shape index (κ1) is 12.4. The summed E-state index contributed by atoms with van der Waals surface area (Å²) in [6.07, 6.45) is 0.348. The highest BCUT2D eigenvalue weighted by molar-refractivity contribution is 7.86. The van der Waals surface area contributed by atoms with Gasteiger partial charge in [-0.1, -0.05) is 13.8 Å². The average molecular weight is 209 g/mol. The van der Waals surface area contributed by atoms with E-state index in [1.165, 1.54) is 6.92 Å². The zero-order chi connectivity index (χ0) is 10.6. The van der Waals surface area contributed by atoms with Crippen LogP contribution in [0.3, 0.4) is 0 Å². The first-order chi connectivity index (χ1) is 5.79. The van der Waals surface area contributed by atoms with Gasteiger partial charge in [0.1, 0.15) is 0 Å². The molecule has 0 aromatic carbocycles. The van der Waals surface area contributed by atoms with Crippen LogP contribution in [0.1, 0.15) is 26.7 Å². The summed E-state index contributed by atoms with van der Waals surface area (Å²) in [4.78, 5) is 10.6. The zero-order valence-corrected chi connectivity index (χ0v) is 8.54. The van der Waals surface area contributed by atoms with E-state index in [1.807, 2.05) is 0 Å². The van der Waals surface area contributed by atoms with Crippen molar-refractivity contribution in [3.8, 4) is 0 Å². The van der Waals surface area contributed by atoms with Crippen LogP contribution >= 0.6 is 0 Å². The number of primary amides is 1. The largest absolute Gasteiger partial charge is 0.369 e. The van der Waals surface area contributed by atoms with Crippen molar-refractivity contribution in [3.05, 3.63) is 0 Å². The van der Waals surface area contributed by atoms with Gasteiger partial charge in [-0.3, -0.25) is 9.35 Å². The third-order valence-electron chi connectivity index (χ3n) is 1.98. The number of amides is 1. The maximum atomic E-state index is 10.7. The van der Waals surface area contributed by atoms with Gasteiger partial charge in [0.25, 0.3) is 10.1 Å². The second kappa shape index (κ2) is 4.57. The molecule has 0 saturated carbocycles. The summed E-state index contributed by atoms with van der Waals surface area (Å²) in [6.45, 7) is 3.17. The molecular weight excluding hydrogens is 194 g/mol. The van der Waals surface area contributed by atoms with Crippen LogP contribution in [0.15, 0.2) is 0 Å². The van der Waals surface area contributed by atoms with Crippen LogP contribution in [-0.4, -0.2) is 24.1 Å². The van der Waals surface area contributed by atoms with Crippen molar-refractivity contribution in [1.82, 2.24) is 0 Å². The van der Waals surface area contributed by atoms with Crippen molar-refractivity contribution in [2.75, 3.05) is 0 Å². The summed E-state index contributed by atoms with van der Waals surface area (Å²) in [5.41, 5.74) is 4.97. The molecule has 0 aliphatic rings. The van der Waals surface area contributed by atoms with Gasteiger partial charge in [-0.05, 0) is 12.8 Å². The van der Waals surface area contributed by atoms with E-state index in [2.05, 4.69) is 0 Å². The number of carbonyl (C=O) groups excluding carboxylic acids is 1. The number of nitrogens with two attached hydrogens (primary N) is 1. The molecule has 0 radical (unpaired) electrons. The van der Waals surface area contributed by atoms with Crippen LogP contribution in [0.2, 0.25) is 0 Å². The van der Waals surface area contributed by atoms with Crippen LogP contribution in [0.25, 0.3) is 0 Å². The monoisotopic (exact) mass is 209 g/mol. The summed E-state index contributed by atoms with van der Waals surface area (Å²) in [6, 6.07) is 0. The summed E-state index contributed by atoms with van der Waals surface area (Å²) >= 11 is 0. The van der Waals surface area contributed by atoms with Gasteiger partial charge in [-0.25, -0.2) is 0 Å². The van der Waals surface area contributed by atoms with Gasteiger partial charge < -0.3 is 5.73 Å². The minimum absolute atomic E-state index is 0.0741. The van der Waals surface area contributed by atoms with E-state index in [1.54, 1.807) is 6.92 Å². The summed E-state index contributed by atoms with van der Waals surface area (Å²) in [5, 5.41) is -0.894.